The number of aryl methyl sites for hydroxylation is 2. The molecule has 154 valence electrons. The molecule has 0 radical (unpaired) electrons. The fourth-order valence-electron chi connectivity index (χ4n) is 3.23. The fourth-order valence-corrected chi connectivity index (χ4v) is 3.35. The average molecular weight is 409 g/mol. The first-order chi connectivity index (χ1) is 12.8. The molecule has 1 atom stereocenters. The van der Waals surface area contributed by atoms with Crippen LogP contribution in [0.1, 0.15) is 70.2 Å². The molecule has 1 unspecified atom stereocenters. The van der Waals surface area contributed by atoms with E-state index >= 15 is 0 Å². The molecule has 0 spiro atoms. The van der Waals surface area contributed by atoms with Crippen LogP contribution in [0.5, 0.6) is 0 Å². The van der Waals surface area contributed by atoms with Crippen molar-refractivity contribution in [1.82, 2.24) is 19.5 Å². The second-order valence-corrected chi connectivity index (χ2v) is 9.62. The van der Waals surface area contributed by atoms with E-state index in [4.69, 9.17) is 26.2 Å². The summed E-state index contributed by atoms with van der Waals surface area (Å²) in [6, 6.07) is -0.343. The molecule has 0 aliphatic carbocycles. The van der Waals surface area contributed by atoms with E-state index in [0.717, 1.165) is 28.3 Å². The fraction of sp³-hybridized carbons (Fsp3) is 0.650. The molecule has 2 aromatic heterocycles. The highest BCUT2D eigenvalue weighted by Gasteiger charge is 2.41. The average Bonchev–Trinajstić information content (AvgIpc) is 3.05. The molecule has 2 aromatic rings. The summed E-state index contributed by atoms with van der Waals surface area (Å²) >= 11 is 6.36. The van der Waals surface area contributed by atoms with Crippen LogP contribution in [0.25, 0.3) is 5.65 Å². The van der Waals surface area contributed by atoms with E-state index in [1.54, 1.807) is 9.42 Å². The lowest BCUT2D eigenvalue weighted by molar-refractivity contribution is -0.0414. The predicted molar refractivity (Wildman–Crippen MR) is 108 cm³/mol. The van der Waals surface area contributed by atoms with Crippen molar-refractivity contribution in [3.8, 4) is 0 Å². The smallest absolute Gasteiger partial charge is 0.411 e. The molecule has 3 heterocycles. The van der Waals surface area contributed by atoms with Crippen LogP contribution >= 0.6 is 11.6 Å². The molecule has 1 aliphatic rings. The van der Waals surface area contributed by atoms with Crippen molar-refractivity contribution in [2.75, 3.05) is 6.61 Å². The molecule has 8 heteroatoms. The van der Waals surface area contributed by atoms with Gasteiger partial charge in [-0.05, 0) is 55.4 Å². The molecule has 28 heavy (non-hydrogen) atoms. The zero-order chi connectivity index (χ0) is 21.0. The molecule has 3 rings (SSSR count). The van der Waals surface area contributed by atoms with Gasteiger partial charge in [-0.15, -0.1) is 0 Å². The van der Waals surface area contributed by atoms with Crippen molar-refractivity contribution in [3.05, 3.63) is 27.7 Å². The van der Waals surface area contributed by atoms with Crippen LogP contribution < -0.4 is 0 Å². The number of carbonyl (C=O) groups excluding carboxylic acids is 1. The second-order valence-electron chi connectivity index (χ2n) is 9.24. The number of halogens is 1. The summed E-state index contributed by atoms with van der Waals surface area (Å²) in [5, 5.41) is 5.34. The quantitative estimate of drug-likeness (QED) is 0.725. The zero-order valence-electron chi connectivity index (χ0n) is 17.9. The van der Waals surface area contributed by atoms with Gasteiger partial charge >= 0.3 is 6.09 Å². The van der Waals surface area contributed by atoms with Crippen LogP contribution in [0.2, 0.25) is 5.02 Å². The summed E-state index contributed by atoms with van der Waals surface area (Å²) in [6.07, 6.45) is -0.381. The maximum absolute atomic E-state index is 12.9. The van der Waals surface area contributed by atoms with Gasteiger partial charge in [0.25, 0.3) is 0 Å². The van der Waals surface area contributed by atoms with Crippen molar-refractivity contribution in [2.24, 2.45) is 0 Å². The Hall–Kier alpha value is -1.86. The van der Waals surface area contributed by atoms with E-state index in [-0.39, 0.29) is 17.7 Å². The summed E-state index contributed by atoms with van der Waals surface area (Å²) in [7, 11) is 0. The monoisotopic (exact) mass is 408 g/mol. The number of hydrogen-bond donors (Lipinski definition) is 0. The van der Waals surface area contributed by atoms with Gasteiger partial charge in [-0.1, -0.05) is 11.6 Å². The van der Waals surface area contributed by atoms with Crippen molar-refractivity contribution in [3.63, 3.8) is 0 Å². The largest absolute Gasteiger partial charge is 0.444 e. The number of hydrogen-bond acceptors (Lipinski definition) is 5. The first-order valence-corrected chi connectivity index (χ1v) is 9.84. The standard InChI is InChI=1S/C20H29ClN4O3/c1-11-15(21)12(2)25-17(22-11)13-9-24(18(26)28-20(6,7)8)14(16(13)23-25)10-27-19(3,4)5/h14H,9-10H2,1-8H3. The SMILES string of the molecule is Cc1nc2c3c(nn2c(C)c1Cl)C(COC(C)(C)C)N(C(=O)OC(C)(C)C)C3. The van der Waals surface area contributed by atoms with Crippen LogP contribution in [-0.2, 0) is 16.0 Å². The molecule has 0 saturated carbocycles. The van der Waals surface area contributed by atoms with Gasteiger partial charge in [0.1, 0.15) is 11.6 Å². The van der Waals surface area contributed by atoms with Gasteiger partial charge in [0.05, 0.1) is 40.9 Å². The Morgan fingerprint density at radius 1 is 1.18 bits per heavy atom. The Bertz CT molecular complexity index is 924. The van der Waals surface area contributed by atoms with Gasteiger partial charge in [-0.3, -0.25) is 4.90 Å². The summed E-state index contributed by atoms with van der Waals surface area (Å²) in [5.74, 6) is 0. The molecular formula is C20H29ClN4O3. The van der Waals surface area contributed by atoms with E-state index in [0.29, 0.717) is 18.2 Å². The first-order valence-electron chi connectivity index (χ1n) is 9.46. The van der Waals surface area contributed by atoms with Gasteiger partial charge < -0.3 is 9.47 Å². The lowest BCUT2D eigenvalue weighted by atomic mass is 10.1. The number of ether oxygens (including phenoxy) is 2. The maximum atomic E-state index is 12.9. The molecule has 0 fully saturated rings. The number of nitrogens with zero attached hydrogens (tertiary/aromatic N) is 4. The molecular weight excluding hydrogens is 380 g/mol. The minimum absolute atomic E-state index is 0.325. The third-order valence-electron chi connectivity index (χ3n) is 4.54. The van der Waals surface area contributed by atoms with Crippen LogP contribution in [0.3, 0.4) is 0 Å². The molecule has 0 saturated heterocycles. The molecule has 1 amide bonds. The number of rotatable bonds is 2. The lowest BCUT2D eigenvalue weighted by Gasteiger charge is -2.30. The van der Waals surface area contributed by atoms with Crippen molar-refractivity contribution in [1.29, 1.82) is 0 Å². The topological polar surface area (TPSA) is 69.0 Å². The second kappa shape index (κ2) is 6.88. The van der Waals surface area contributed by atoms with Crippen LogP contribution in [0.4, 0.5) is 4.79 Å². The Balaban J connectivity index is 2.04. The van der Waals surface area contributed by atoms with E-state index < -0.39 is 5.60 Å². The summed E-state index contributed by atoms with van der Waals surface area (Å²) in [6.45, 7) is 16.0. The summed E-state index contributed by atoms with van der Waals surface area (Å²) in [4.78, 5) is 19.2. The highest BCUT2D eigenvalue weighted by atomic mass is 35.5. The Morgan fingerprint density at radius 2 is 1.82 bits per heavy atom. The number of carbonyl (C=O) groups is 1. The zero-order valence-corrected chi connectivity index (χ0v) is 18.6. The highest BCUT2D eigenvalue weighted by Crippen LogP contribution is 2.38. The van der Waals surface area contributed by atoms with Gasteiger partial charge in [-0.25, -0.2) is 14.3 Å². The Morgan fingerprint density at radius 3 is 2.39 bits per heavy atom. The Labute approximate surface area is 171 Å². The molecule has 0 bridgehead atoms. The van der Waals surface area contributed by atoms with Crippen LogP contribution in [0.15, 0.2) is 0 Å². The van der Waals surface area contributed by atoms with Crippen molar-refractivity contribution in [2.45, 2.75) is 79.2 Å². The maximum Gasteiger partial charge on any atom is 0.411 e. The first kappa shape index (κ1) is 20.9. The van der Waals surface area contributed by atoms with E-state index in [1.165, 1.54) is 0 Å². The van der Waals surface area contributed by atoms with Crippen LogP contribution in [0, 0.1) is 13.8 Å². The van der Waals surface area contributed by atoms with Gasteiger partial charge in [0.15, 0.2) is 5.65 Å². The third-order valence-corrected chi connectivity index (χ3v) is 5.08. The molecule has 1 aliphatic heterocycles. The van der Waals surface area contributed by atoms with Crippen LogP contribution in [-0.4, -0.2) is 43.4 Å². The normalized spacial score (nSPS) is 17.3. The van der Waals surface area contributed by atoms with Crippen molar-refractivity contribution < 1.29 is 14.3 Å². The molecule has 0 aromatic carbocycles. The van der Waals surface area contributed by atoms with Crippen molar-refractivity contribution >= 4 is 23.3 Å². The minimum atomic E-state index is -0.581. The van der Waals surface area contributed by atoms with Gasteiger partial charge in [-0.2, -0.15) is 5.10 Å². The van der Waals surface area contributed by atoms with Gasteiger partial charge in [0, 0.05) is 5.56 Å². The molecule has 7 nitrogen and oxygen atoms in total. The number of fused-ring (bicyclic) bond motifs is 3. The van der Waals surface area contributed by atoms with E-state index in [9.17, 15) is 4.79 Å². The van der Waals surface area contributed by atoms with E-state index in [1.807, 2.05) is 55.4 Å². The number of amides is 1. The number of aromatic nitrogens is 3. The third kappa shape index (κ3) is 3.96. The van der Waals surface area contributed by atoms with Gasteiger partial charge in [0.2, 0.25) is 0 Å². The minimum Gasteiger partial charge on any atom is -0.444 e. The Kier molecular flexibility index (Phi) is 5.13. The highest BCUT2D eigenvalue weighted by molar-refractivity contribution is 6.31. The van der Waals surface area contributed by atoms with E-state index in [2.05, 4.69) is 4.98 Å². The summed E-state index contributed by atoms with van der Waals surface area (Å²) in [5.41, 5.74) is 3.08. The lowest BCUT2D eigenvalue weighted by Crippen LogP contribution is -2.38. The predicted octanol–water partition coefficient (Wildman–Crippen LogP) is 4.61. The molecule has 0 N–H and O–H groups in total. The summed E-state index contributed by atoms with van der Waals surface area (Å²) < 4.78 is 13.4.